The van der Waals surface area contributed by atoms with Crippen molar-refractivity contribution in [3.63, 3.8) is 0 Å². The number of thioether (sulfide) groups is 1. The second-order valence-corrected chi connectivity index (χ2v) is 6.55. The van der Waals surface area contributed by atoms with E-state index in [1.54, 1.807) is 12.1 Å². The predicted molar refractivity (Wildman–Crippen MR) is 94.3 cm³/mol. The van der Waals surface area contributed by atoms with Gasteiger partial charge in [0.2, 0.25) is 0 Å². The number of furan rings is 1. The van der Waals surface area contributed by atoms with Crippen LogP contribution in [-0.4, -0.2) is 27.8 Å². The molecule has 0 radical (unpaired) electrons. The van der Waals surface area contributed by atoms with Gasteiger partial charge in [-0.15, -0.1) is 0 Å². The summed E-state index contributed by atoms with van der Waals surface area (Å²) in [6.07, 6.45) is 2.98. The lowest BCUT2D eigenvalue weighted by atomic mass is 10.2. The van der Waals surface area contributed by atoms with E-state index >= 15 is 0 Å². The van der Waals surface area contributed by atoms with Gasteiger partial charge in [-0.3, -0.25) is 15.0 Å². The van der Waals surface area contributed by atoms with Crippen molar-refractivity contribution in [1.29, 1.82) is 0 Å². The highest BCUT2D eigenvalue weighted by Gasteiger charge is 2.34. The van der Waals surface area contributed by atoms with Crippen molar-refractivity contribution < 1.29 is 27.5 Å². The molecule has 26 heavy (non-hydrogen) atoms. The first kappa shape index (κ1) is 18.1. The lowest BCUT2D eigenvalue weighted by Gasteiger charge is -2.15. The van der Waals surface area contributed by atoms with Crippen LogP contribution in [0.3, 0.4) is 0 Å². The average molecular weight is 396 g/mol. The molecule has 0 saturated carbocycles. The van der Waals surface area contributed by atoms with Gasteiger partial charge in [0.05, 0.1) is 11.2 Å². The largest absolute Gasteiger partial charge is 0.465 e. The van der Waals surface area contributed by atoms with Gasteiger partial charge in [0.25, 0.3) is 11.8 Å². The Morgan fingerprint density at radius 2 is 2.04 bits per heavy atom. The quantitative estimate of drug-likeness (QED) is 0.617. The first-order valence-corrected chi connectivity index (χ1v) is 8.34. The molecule has 1 saturated heterocycles. The predicted octanol–water partition coefficient (Wildman–Crippen LogP) is 3.43. The number of carbonyl (C=O) groups excluding carboxylic acids is 2. The van der Waals surface area contributed by atoms with Crippen LogP contribution in [0.2, 0.25) is 0 Å². The van der Waals surface area contributed by atoms with Gasteiger partial charge in [0, 0.05) is 11.6 Å². The summed E-state index contributed by atoms with van der Waals surface area (Å²) in [7, 11) is 0. The standard InChI is InChI=1S/C16H10F2N2O4S2/c17-15(18)24-10-5-3-9(4-6-10)13(21)19-20-14(22)12(26-16(20)25)8-11-2-1-7-23-11/h1-8,15H,(H,19,21). The zero-order valence-corrected chi connectivity index (χ0v) is 14.5. The number of benzene rings is 1. The third-order valence-electron chi connectivity index (χ3n) is 3.17. The summed E-state index contributed by atoms with van der Waals surface area (Å²) < 4.78 is 33.8. The van der Waals surface area contributed by atoms with Crippen molar-refractivity contribution in [3.05, 3.63) is 58.9 Å². The van der Waals surface area contributed by atoms with E-state index in [9.17, 15) is 18.4 Å². The number of amides is 2. The summed E-state index contributed by atoms with van der Waals surface area (Å²) in [6, 6.07) is 8.39. The second-order valence-electron chi connectivity index (χ2n) is 4.88. The topological polar surface area (TPSA) is 71.8 Å². The van der Waals surface area contributed by atoms with Crippen LogP contribution >= 0.6 is 24.0 Å². The van der Waals surface area contributed by atoms with Gasteiger partial charge in [-0.2, -0.15) is 13.8 Å². The number of alkyl halides is 2. The maximum atomic E-state index is 12.4. The lowest BCUT2D eigenvalue weighted by Crippen LogP contribution is -2.44. The molecule has 1 aromatic heterocycles. The van der Waals surface area contributed by atoms with Crippen LogP contribution in [-0.2, 0) is 4.79 Å². The first-order chi connectivity index (χ1) is 12.4. The highest BCUT2D eigenvalue weighted by Crippen LogP contribution is 2.31. The molecule has 0 spiro atoms. The third kappa shape index (κ3) is 4.09. The number of hydrogen-bond donors (Lipinski definition) is 1. The molecule has 2 aromatic rings. The minimum Gasteiger partial charge on any atom is -0.465 e. The number of ether oxygens (including phenoxy) is 1. The highest BCUT2D eigenvalue weighted by atomic mass is 32.2. The van der Waals surface area contributed by atoms with E-state index in [-0.39, 0.29) is 15.6 Å². The maximum absolute atomic E-state index is 12.4. The SMILES string of the molecule is O=C(NN1C(=O)C(=Cc2ccco2)SC1=S)c1ccc(OC(F)F)cc1. The Bertz CT molecular complexity index is 867. The molecular formula is C16H10F2N2O4S2. The summed E-state index contributed by atoms with van der Waals surface area (Å²) in [5, 5.41) is 0.945. The number of hydrogen-bond acceptors (Lipinski definition) is 6. The molecule has 2 amide bonds. The molecule has 10 heteroatoms. The van der Waals surface area contributed by atoms with Gasteiger partial charge < -0.3 is 9.15 Å². The van der Waals surface area contributed by atoms with Gasteiger partial charge in [-0.25, -0.2) is 0 Å². The molecule has 0 aliphatic carbocycles. The molecule has 0 atom stereocenters. The molecule has 0 unspecified atom stereocenters. The van der Waals surface area contributed by atoms with Gasteiger partial charge in [-0.1, -0.05) is 11.8 Å². The normalized spacial score (nSPS) is 15.8. The molecule has 2 heterocycles. The van der Waals surface area contributed by atoms with Crippen molar-refractivity contribution >= 4 is 46.2 Å². The van der Waals surface area contributed by atoms with E-state index < -0.39 is 18.4 Å². The van der Waals surface area contributed by atoms with Crippen LogP contribution in [0.15, 0.2) is 52.0 Å². The fraction of sp³-hybridized carbons (Fsp3) is 0.0625. The highest BCUT2D eigenvalue weighted by molar-refractivity contribution is 8.26. The van der Waals surface area contributed by atoms with E-state index in [1.807, 2.05) is 0 Å². The molecule has 1 fully saturated rings. The molecule has 1 aromatic carbocycles. The van der Waals surface area contributed by atoms with Crippen molar-refractivity contribution in [2.45, 2.75) is 6.61 Å². The van der Waals surface area contributed by atoms with Gasteiger partial charge in [-0.05, 0) is 48.6 Å². The van der Waals surface area contributed by atoms with Crippen LogP contribution in [0.25, 0.3) is 6.08 Å². The zero-order valence-electron chi connectivity index (χ0n) is 12.8. The average Bonchev–Trinajstić information content (AvgIpc) is 3.19. The smallest absolute Gasteiger partial charge is 0.387 e. The van der Waals surface area contributed by atoms with Crippen molar-refractivity contribution in [3.8, 4) is 5.75 Å². The van der Waals surface area contributed by atoms with Gasteiger partial charge in [0.1, 0.15) is 11.5 Å². The molecular weight excluding hydrogens is 386 g/mol. The molecule has 6 nitrogen and oxygen atoms in total. The number of carbonyl (C=O) groups is 2. The maximum Gasteiger partial charge on any atom is 0.387 e. The third-order valence-corrected chi connectivity index (χ3v) is 4.47. The van der Waals surface area contributed by atoms with Crippen molar-refractivity contribution in [1.82, 2.24) is 10.4 Å². The fourth-order valence-electron chi connectivity index (χ4n) is 2.02. The summed E-state index contributed by atoms with van der Waals surface area (Å²) >= 11 is 6.12. The molecule has 1 aliphatic rings. The van der Waals surface area contributed by atoms with E-state index in [2.05, 4.69) is 10.2 Å². The number of rotatable bonds is 5. The number of nitrogens with one attached hydrogen (secondary N) is 1. The molecule has 1 aliphatic heterocycles. The van der Waals surface area contributed by atoms with Gasteiger partial charge in [0.15, 0.2) is 4.32 Å². The van der Waals surface area contributed by atoms with Crippen LogP contribution < -0.4 is 10.2 Å². The summed E-state index contributed by atoms with van der Waals surface area (Å²) in [6.45, 7) is -2.95. The van der Waals surface area contributed by atoms with E-state index in [0.717, 1.165) is 16.8 Å². The summed E-state index contributed by atoms with van der Waals surface area (Å²) in [5.74, 6) is -0.721. The second kappa shape index (κ2) is 7.67. The van der Waals surface area contributed by atoms with Gasteiger partial charge >= 0.3 is 6.61 Å². The number of thiocarbonyl (C=S) groups is 1. The van der Waals surface area contributed by atoms with E-state index in [0.29, 0.717) is 10.7 Å². The van der Waals surface area contributed by atoms with Crippen molar-refractivity contribution in [2.24, 2.45) is 0 Å². The Labute approximate surface area is 155 Å². The van der Waals surface area contributed by atoms with Crippen LogP contribution in [0.1, 0.15) is 16.1 Å². The fourth-order valence-corrected chi connectivity index (χ4v) is 3.18. The first-order valence-electron chi connectivity index (χ1n) is 7.11. The molecule has 3 rings (SSSR count). The number of nitrogens with zero attached hydrogens (tertiary/aromatic N) is 1. The minimum atomic E-state index is -2.95. The number of hydrazine groups is 1. The minimum absolute atomic E-state index is 0.0801. The van der Waals surface area contributed by atoms with Crippen LogP contribution in [0.5, 0.6) is 5.75 Å². The van der Waals surface area contributed by atoms with Crippen molar-refractivity contribution in [2.75, 3.05) is 0 Å². The van der Waals surface area contributed by atoms with Crippen LogP contribution in [0, 0.1) is 0 Å². The Kier molecular flexibility index (Phi) is 5.33. The Morgan fingerprint density at radius 3 is 2.65 bits per heavy atom. The molecule has 1 N–H and O–H groups in total. The summed E-state index contributed by atoms with van der Waals surface area (Å²) in [5.41, 5.74) is 2.54. The lowest BCUT2D eigenvalue weighted by molar-refractivity contribution is -0.123. The monoisotopic (exact) mass is 396 g/mol. The van der Waals surface area contributed by atoms with E-state index in [1.165, 1.54) is 36.6 Å². The summed E-state index contributed by atoms with van der Waals surface area (Å²) in [4.78, 5) is 24.9. The Balaban J connectivity index is 1.69. The van der Waals surface area contributed by atoms with E-state index in [4.69, 9.17) is 16.6 Å². The Morgan fingerprint density at radius 1 is 1.31 bits per heavy atom. The molecule has 0 bridgehead atoms. The van der Waals surface area contributed by atoms with Crippen LogP contribution in [0.4, 0.5) is 8.78 Å². The Hall–Kier alpha value is -2.72. The molecule has 134 valence electrons. The number of halogens is 2. The zero-order chi connectivity index (χ0) is 18.7.